The average molecular weight is 398 g/mol. The maximum Gasteiger partial charge on any atom is 0.253 e. The minimum absolute atomic E-state index is 0.128. The first-order valence-corrected chi connectivity index (χ1v) is 11.4. The van der Waals surface area contributed by atoms with Crippen molar-refractivity contribution in [2.45, 2.75) is 44.8 Å². The number of hydrogen-bond acceptors (Lipinski definition) is 3. The Bertz CT molecular complexity index is 759. The van der Waals surface area contributed by atoms with Crippen LogP contribution in [0.5, 0.6) is 5.75 Å². The number of carbonyl (C=O) groups excluding carboxylic acids is 1. The third kappa shape index (κ3) is 5.54. The molecule has 1 aliphatic heterocycles. The van der Waals surface area contributed by atoms with Crippen LogP contribution >= 0.6 is 11.8 Å². The predicted octanol–water partition coefficient (Wildman–Crippen LogP) is 5.88. The summed E-state index contributed by atoms with van der Waals surface area (Å²) in [6.45, 7) is 6.71. The summed E-state index contributed by atoms with van der Waals surface area (Å²) in [6.07, 6.45) is 4.45. The van der Waals surface area contributed by atoms with E-state index < -0.39 is 0 Å². The lowest BCUT2D eigenvalue weighted by molar-refractivity contribution is 0.0766. The van der Waals surface area contributed by atoms with E-state index in [1.54, 1.807) is 0 Å². The van der Waals surface area contributed by atoms with E-state index in [1.165, 1.54) is 24.0 Å². The van der Waals surface area contributed by atoms with Gasteiger partial charge in [-0.3, -0.25) is 4.79 Å². The molecule has 4 heteroatoms. The van der Waals surface area contributed by atoms with Gasteiger partial charge in [0.25, 0.3) is 5.91 Å². The maximum absolute atomic E-state index is 12.9. The third-order valence-corrected chi connectivity index (χ3v) is 6.59. The zero-order valence-electron chi connectivity index (χ0n) is 17.0. The lowest BCUT2D eigenvalue weighted by Gasteiger charge is -2.21. The highest BCUT2D eigenvalue weighted by molar-refractivity contribution is 7.99. The van der Waals surface area contributed by atoms with Crippen LogP contribution in [0.1, 0.15) is 59.3 Å². The first-order valence-electron chi connectivity index (χ1n) is 10.4. The van der Waals surface area contributed by atoms with Crippen LogP contribution in [0.3, 0.4) is 0 Å². The van der Waals surface area contributed by atoms with Gasteiger partial charge >= 0.3 is 0 Å². The number of nitrogens with zero attached hydrogens (tertiary/aromatic N) is 1. The zero-order chi connectivity index (χ0) is 19.8. The van der Waals surface area contributed by atoms with Crippen molar-refractivity contribution < 1.29 is 9.53 Å². The molecule has 2 aromatic rings. The SMILES string of the molecule is CCCCCOc1ccc(C(=O)N2CCSC(c3ccccc3C)CC2)cc1. The Balaban J connectivity index is 1.56. The Hall–Kier alpha value is -1.94. The second-order valence-corrected chi connectivity index (χ2v) is 8.69. The molecule has 1 aliphatic rings. The highest BCUT2D eigenvalue weighted by Gasteiger charge is 2.23. The normalized spacial score (nSPS) is 17.2. The lowest BCUT2D eigenvalue weighted by Crippen LogP contribution is -2.32. The molecule has 1 atom stereocenters. The van der Waals surface area contributed by atoms with Crippen LogP contribution in [-0.2, 0) is 0 Å². The topological polar surface area (TPSA) is 29.5 Å². The van der Waals surface area contributed by atoms with Crippen LogP contribution < -0.4 is 4.74 Å². The lowest BCUT2D eigenvalue weighted by atomic mass is 10.0. The number of carbonyl (C=O) groups is 1. The molecule has 1 amide bonds. The van der Waals surface area contributed by atoms with E-state index in [0.29, 0.717) is 5.25 Å². The Morgan fingerprint density at radius 2 is 1.89 bits per heavy atom. The van der Waals surface area contributed by atoms with Gasteiger partial charge in [-0.05, 0) is 55.2 Å². The fraction of sp³-hybridized carbons (Fsp3) is 0.458. The van der Waals surface area contributed by atoms with Crippen molar-refractivity contribution in [2.24, 2.45) is 0 Å². The first kappa shape index (κ1) is 20.8. The number of unbranched alkanes of at least 4 members (excludes halogenated alkanes) is 2. The van der Waals surface area contributed by atoms with E-state index in [-0.39, 0.29) is 5.91 Å². The van der Waals surface area contributed by atoms with Gasteiger partial charge in [0.1, 0.15) is 5.75 Å². The molecule has 3 rings (SSSR count). The molecule has 0 aliphatic carbocycles. The predicted molar refractivity (Wildman–Crippen MR) is 118 cm³/mol. The first-order chi connectivity index (χ1) is 13.7. The summed E-state index contributed by atoms with van der Waals surface area (Å²) in [5.41, 5.74) is 3.50. The van der Waals surface area contributed by atoms with Crippen LogP contribution in [0.4, 0.5) is 0 Å². The quantitative estimate of drug-likeness (QED) is 0.546. The van der Waals surface area contributed by atoms with E-state index in [9.17, 15) is 4.79 Å². The molecule has 1 heterocycles. The maximum atomic E-state index is 12.9. The van der Waals surface area contributed by atoms with E-state index in [0.717, 1.165) is 49.6 Å². The molecule has 28 heavy (non-hydrogen) atoms. The Kier molecular flexibility index (Phi) is 7.84. The summed E-state index contributed by atoms with van der Waals surface area (Å²) in [7, 11) is 0. The van der Waals surface area contributed by atoms with Crippen LogP contribution in [0.15, 0.2) is 48.5 Å². The average Bonchev–Trinajstić information content (AvgIpc) is 2.98. The van der Waals surface area contributed by atoms with Gasteiger partial charge in [-0.2, -0.15) is 11.8 Å². The zero-order valence-corrected chi connectivity index (χ0v) is 17.8. The van der Waals surface area contributed by atoms with E-state index in [4.69, 9.17) is 4.74 Å². The molecule has 2 aromatic carbocycles. The molecule has 1 saturated heterocycles. The van der Waals surface area contributed by atoms with Gasteiger partial charge in [0.05, 0.1) is 6.61 Å². The fourth-order valence-electron chi connectivity index (χ4n) is 3.59. The summed E-state index contributed by atoms with van der Waals surface area (Å²) >= 11 is 1.97. The van der Waals surface area contributed by atoms with Crippen molar-refractivity contribution in [1.29, 1.82) is 0 Å². The summed E-state index contributed by atoms with van der Waals surface area (Å²) in [4.78, 5) is 15.0. The second-order valence-electron chi connectivity index (χ2n) is 7.38. The summed E-state index contributed by atoms with van der Waals surface area (Å²) in [6, 6.07) is 16.2. The van der Waals surface area contributed by atoms with E-state index >= 15 is 0 Å². The van der Waals surface area contributed by atoms with Gasteiger partial charge in [-0.25, -0.2) is 0 Å². The molecule has 1 fully saturated rings. The highest BCUT2D eigenvalue weighted by Crippen LogP contribution is 2.36. The molecular weight excluding hydrogens is 366 g/mol. The standard InChI is InChI=1S/C24H31NO2S/c1-3-4-7-17-27-21-12-10-20(11-13-21)24(26)25-15-14-23(28-18-16-25)22-9-6-5-8-19(22)2/h5-6,8-13,23H,3-4,7,14-18H2,1-2H3. The Morgan fingerprint density at radius 3 is 2.64 bits per heavy atom. The number of amides is 1. The molecule has 0 saturated carbocycles. The molecule has 0 spiro atoms. The van der Waals surface area contributed by atoms with Crippen molar-refractivity contribution in [3.05, 3.63) is 65.2 Å². The van der Waals surface area contributed by atoms with Crippen LogP contribution in [0.2, 0.25) is 0 Å². The van der Waals surface area contributed by atoms with Crippen molar-refractivity contribution in [2.75, 3.05) is 25.4 Å². The summed E-state index contributed by atoms with van der Waals surface area (Å²) in [5.74, 6) is 1.95. The fourth-order valence-corrected chi connectivity index (χ4v) is 4.91. The van der Waals surface area contributed by atoms with E-state index in [2.05, 4.69) is 38.1 Å². The molecule has 0 aromatic heterocycles. The largest absolute Gasteiger partial charge is 0.494 e. The van der Waals surface area contributed by atoms with Crippen molar-refractivity contribution in [3.8, 4) is 5.75 Å². The Labute approximate surface area is 173 Å². The van der Waals surface area contributed by atoms with Gasteiger partial charge in [-0.1, -0.05) is 44.0 Å². The number of aryl methyl sites for hydroxylation is 1. The Morgan fingerprint density at radius 1 is 1.11 bits per heavy atom. The number of hydrogen-bond donors (Lipinski definition) is 0. The third-order valence-electron chi connectivity index (χ3n) is 5.28. The summed E-state index contributed by atoms with van der Waals surface area (Å²) in [5, 5.41) is 0.470. The van der Waals surface area contributed by atoms with Crippen molar-refractivity contribution in [3.63, 3.8) is 0 Å². The van der Waals surface area contributed by atoms with Gasteiger partial charge in [-0.15, -0.1) is 0 Å². The summed E-state index contributed by atoms with van der Waals surface area (Å²) < 4.78 is 5.75. The molecule has 3 nitrogen and oxygen atoms in total. The number of benzene rings is 2. The van der Waals surface area contributed by atoms with Crippen LogP contribution in [-0.4, -0.2) is 36.3 Å². The second kappa shape index (κ2) is 10.6. The minimum atomic E-state index is 0.128. The number of ether oxygens (including phenoxy) is 1. The smallest absolute Gasteiger partial charge is 0.253 e. The monoisotopic (exact) mass is 397 g/mol. The molecule has 0 radical (unpaired) electrons. The van der Waals surface area contributed by atoms with Crippen LogP contribution in [0.25, 0.3) is 0 Å². The molecule has 150 valence electrons. The molecule has 1 unspecified atom stereocenters. The van der Waals surface area contributed by atoms with Gasteiger partial charge in [0, 0.05) is 29.7 Å². The van der Waals surface area contributed by atoms with Crippen LogP contribution in [0, 0.1) is 6.92 Å². The number of thioether (sulfide) groups is 1. The highest BCUT2D eigenvalue weighted by atomic mass is 32.2. The van der Waals surface area contributed by atoms with Gasteiger partial charge in [0.15, 0.2) is 0 Å². The number of rotatable bonds is 7. The van der Waals surface area contributed by atoms with Crippen molar-refractivity contribution >= 4 is 17.7 Å². The molecule has 0 N–H and O–H groups in total. The minimum Gasteiger partial charge on any atom is -0.494 e. The van der Waals surface area contributed by atoms with Gasteiger partial charge < -0.3 is 9.64 Å². The molecule has 0 bridgehead atoms. The van der Waals surface area contributed by atoms with E-state index in [1.807, 2.05) is 40.9 Å². The van der Waals surface area contributed by atoms with Gasteiger partial charge in [0.2, 0.25) is 0 Å². The molecular formula is C24H31NO2S. The van der Waals surface area contributed by atoms with Crippen molar-refractivity contribution in [1.82, 2.24) is 4.90 Å².